The molecule has 0 aromatic rings. The van der Waals surface area contributed by atoms with E-state index in [2.05, 4.69) is 13.5 Å². The van der Waals surface area contributed by atoms with Gasteiger partial charge in [0.05, 0.1) is 6.10 Å². The lowest BCUT2D eigenvalue weighted by Gasteiger charge is -2.36. The van der Waals surface area contributed by atoms with Crippen LogP contribution in [0, 0.1) is 0 Å². The molecule has 0 aromatic carbocycles. The fraction of sp³-hybridized carbons (Fsp3) is 0.818. The molecular weight excluding hydrogens is 162 g/mol. The van der Waals surface area contributed by atoms with Crippen LogP contribution in [-0.4, -0.2) is 16.7 Å². The van der Waals surface area contributed by atoms with E-state index in [4.69, 9.17) is 5.73 Å². The largest absolute Gasteiger partial charge is 0.393 e. The van der Waals surface area contributed by atoms with Crippen molar-refractivity contribution in [3.05, 3.63) is 12.2 Å². The van der Waals surface area contributed by atoms with E-state index in [1.165, 1.54) is 5.57 Å². The molecule has 2 nitrogen and oxygen atoms in total. The predicted octanol–water partition coefficient (Wildman–Crippen LogP) is 1.98. The first-order chi connectivity index (χ1) is 6.06. The summed E-state index contributed by atoms with van der Waals surface area (Å²) in [6, 6.07) is 0. The molecule has 13 heavy (non-hydrogen) atoms. The summed E-state index contributed by atoms with van der Waals surface area (Å²) in [6.45, 7) is 6.10. The van der Waals surface area contributed by atoms with E-state index in [1.54, 1.807) is 0 Å². The van der Waals surface area contributed by atoms with Crippen molar-refractivity contribution in [2.45, 2.75) is 57.1 Å². The molecule has 1 fully saturated rings. The first kappa shape index (κ1) is 10.7. The van der Waals surface area contributed by atoms with Gasteiger partial charge in [-0.1, -0.05) is 19.1 Å². The van der Waals surface area contributed by atoms with Crippen LogP contribution in [0.5, 0.6) is 0 Å². The van der Waals surface area contributed by atoms with Crippen LogP contribution in [0.15, 0.2) is 12.2 Å². The fourth-order valence-corrected chi connectivity index (χ4v) is 1.98. The summed E-state index contributed by atoms with van der Waals surface area (Å²) >= 11 is 0. The van der Waals surface area contributed by atoms with Crippen LogP contribution >= 0.6 is 0 Å². The summed E-state index contributed by atoms with van der Waals surface area (Å²) in [4.78, 5) is 0. The van der Waals surface area contributed by atoms with Crippen LogP contribution in [0.1, 0.15) is 45.4 Å². The lowest BCUT2D eigenvalue weighted by atomic mass is 9.77. The molecule has 1 aliphatic rings. The standard InChI is InChI=1S/C11H21NO/c1-3-9(2)8-11(12)6-4-10(13)5-7-11/h10,13H,2-8,12H2,1H3. The SMILES string of the molecule is C=C(CC)CC1(N)CCC(O)CC1. The lowest BCUT2D eigenvalue weighted by Crippen LogP contribution is -2.44. The second kappa shape index (κ2) is 4.25. The van der Waals surface area contributed by atoms with Crippen molar-refractivity contribution in [2.24, 2.45) is 5.73 Å². The van der Waals surface area contributed by atoms with Crippen molar-refractivity contribution in [2.75, 3.05) is 0 Å². The Labute approximate surface area is 80.8 Å². The molecule has 0 amide bonds. The summed E-state index contributed by atoms with van der Waals surface area (Å²) in [5.74, 6) is 0. The van der Waals surface area contributed by atoms with Crippen molar-refractivity contribution < 1.29 is 5.11 Å². The number of aliphatic hydroxyl groups excluding tert-OH is 1. The summed E-state index contributed by atoms with van der Waals surface area (Å²) in [6.07, 6.45) is 5.41. The van der Waals surface area contributed by atoms with Gasteiger partial charge in [-0.15, -0.1) is 0 Å². The van der Waals surface area contributed by atoms with Crippen molar-refractivity contribution in [1.82, 2.24) is 0 Å². The van der Waals surface area contributed by atoms with Crippen LogP contribution in [0.2, 0.25) is 0 Å². The monoisotopic (exact) mass is 183 g/mol. The van der Waals surface area contributed by atoms with Gasteiger partial charge in [0, 0.05) is 5.54 Å². The lowest BCUT2D eigenvalue weighted by molar-refractivity contribution is 0.0971. The molecule has 0 bridgehead atoms. The summed E-state index contributed by atoms with van der Waals surface area (Å²) in [7, 11) is 0. The molecule has 3 N–H and O–H groups in total. The summed E-state index contributed by atoms with van der Waals surface area (Å²) < 4.78 is 0. The van der Waals surface area contributed by atoms with Gasteiger partial charge in [0.15, 0.2) is 0 Å². The van der Waals surface area contributed by atoms with Crippen molar-refractivity contribution in [3.63, 3.8) is 0 Å². The Morgan fingerprint density at radius 3 is 2.54 bits per heavy atom. The van der Waals surface area contributed by atoms with Crippen molar-refractivity contribution in [3.8, 4) is 0 Å². The highest BCUT2D eigenvalue weighted by Gasteiger charge is 2.30. The zero-order valence-electron chi connectivity index (χ0n) is 8.55. The maximum Gasteiger partial charge on any atom is 0.0541 e. The highest BCUT2D eigenvalue weighted by atomic mass is 16.3. The maximum atomic E-state index is 9.35. The second-order valence-corrected chi connectivity index (χ2v) is 4.37. The van der Waals surface area contributed by atoms with E-state index < -0.39 is 0 Å². The summed E-state index contributed by atoms with van der Waals surface area (Å²) in [5, 5.41) is 9.35. The Bertz CT molecular complexity index is 181. The number of hydrogen-bond donors (Lipinski definition) is 2. The molecule has 0 unspecified atom stereocenters. The van der Waals surface area contributed by atoms with E-state index in [1.807, 2.05) is 0 Å². The Morgan fingerprint density at radius 1 is 1.54 bits per heavy atom. The molecule has 0 heterocycles. The van der Waals surface area contributed by atoms with E-state index in [0.29, 0.717) is 0 Å². The van der Waals surface area contributed by atoms with Gasteiger partial charge in [-0.25, -0.2) is 0 Å². The zero-order valence-corrected chi connectivity index (χ0v) is 8.55. The van der Waals surface area contributed by atoms with Gasteiger partial charge in [0.25, 0.3) is 0 Å². The molecule has 1 aliphatic carbocycles. The van der Waals surface area contributed by atoms with Gasteiger partial charge in [-0.05, 0) is 38.5 Å². The average molecular weight is 183 g/mol. The van der Waals surface area contributed by atoms with Crippen LogP contribution in [0.25, 0.3) is 0 Å². The quantitative estimate of drug-likeness (QED) is 0.657. The highest BCUT2D eigenvalue weighted by molar-refractivity contribution is 5.04. The van der Waals surface area contributed by atoms with E-state index in [-0.39, 0.29) is 11.6 Å². The number of nitrogens with two attached hydrogens (primary N) is 1. The third-order valence-corrected chi connectivity index (χ3v) is 3.05. The molecule has 1 saturated carbocycles. The predicted molar refractivity (Wildman–Crippen MR) is 55.4 cm³/mol. The summed E-state index contributed by atoms with van der Waals surface area (Å²) in [5.41, 5.74) is 7.38. The van der Waals surface area contributed by atoms with E-state index in [0.717, 1.165) is 38.5 Å². The minimum atomic E-state index is -0.119. The Hall–Kier alpha value is -0.340. The van der Waals surface area contributed by atoms with Gasteiger partial charge in [0.1, 0.15) is 0 Å². The average Bonchev–Trinajstić information content (AvgIpc) is 2.10. The van der Waals surface area contributed by atoms with Crippen LogP contribution in [-0.2, 0) is 0 Å². The normalized spacial score (nSPS) is 34.5. The van der Waals surface area contributed by atoms with Crippen molar-refractivity contribution in [1.29, 1.82) is 0 Å². The molecule has 76 valence electrons. The van der Waals surface area contributed by atoms with Crippen LogP contribution < -0.4 is 5.73 Å². The Balaban J connectivity index is 2.43. The van der Waals surface area contributed by atoms with E-state index >= 15 is 0 Å². The van der Waals surface area contributed by atoms with Gasteiger partial charge in [-0.3, -0.25) is 0 Å². The topological polar surface area (TPSA) is 46.2 Å². The second-order valence-electron chi connectivity index (χ2n) is 4.37. The Kier molecular flexibility index (Phi) is 3.51. The minimum absolute atomic E-state index is 0.0771. The third kappa shape index (κ3) is 3.12. The molecule has 0 aliphatic heterocycles. The number of rotatable bonds is 3. The van der Waals surface area contributed by atoms with Gasteiger partial charge in [0.2, 0.25) is 0 Å². The maximum absolute atomic E-state index is 9.35. The highest BCUT2D eigenvalue weighted by Crippen LogP contribution is 2.31. The molecule has 1 rings (SSSR count). The van der Waals surface area contributed by atoms with Crippen LogP contribution in [0.4, 0.5) is 0 Å². The molecular formula is C11H21NO. The molecule has 2 heteroatoms. The zero-order chi connectivity index (χ0) is 9.90. The third-order valence-electron chi connectivity index (χ3n) is 3.05. The molecule has 0 aromatic heterocycles. The smallest absolute Gasteiger partial charge is 0.0541 e. The van der Waals surface area contributed by atoms with Gasteiger partial charge >= 0.3 is 0 Å². The molecule has 0 atom stereocenters. The molecule has 0 radical (unpaired) electrons. The minimum Gasteiger partial charge on any atom is -0.393 e. The molecule has 0 spiro atoms. The van der Waals surface area contributed by atoms with Crippen LogP contribution in [0.3, 0.4) is 0 Å². The fourth-order valence-electron chi connectivity index (χ4n) is 1.98. The van der Waals surface area contributed by atoms with Crippen molar-refractivity contribution >= 4 is 0 Å². The number of aliphatic hydroxyl groups is 1. The van der Waals surface area contributed by atoms with Gasteiger partial charge in [-0.2, -0.15) is 0 Å². The Morgan fingerprint density at radius 2 is 2.08 bits per heavy atom. The van der Waals surface area contributed by atoms with E-state index in [9.17, 15) is 5.11 Å². The molecule has 0 saturated heterocycles. The number of hydrogen-bond acceptors (Lipinski definition) is 2. The first-order valence-corrected chi connectivity index (χ1v) is 5.19. The van der Waals surface area contributed by atoms with Gasteiger partial charge < -0.3 is 10.8 Å². The first-order valence-electron chi connectivity index (χ1n) is 5.19.